The van der Waals surface area contributed by atoms with Crippen LogP contribution < -0.4 is 0 Å². The van der Waals surface area contributed by atoms with E-state index in [1.54, 1.807) is 0 Å². The molecule has 1 saturated carbocycles. The third-order valence-electron chi connectivity index (χ3n) is 3.40. The number of hydrogen-bond acceptors (Lipinski definition) is 3. The van der Waals surface area contributed by atoms with Gasteiger partial charge >= 0.3 is 5.97 Å². The summed E-state index contributed by atoms with van der Waals surface area (Å²) in [5, 5.41) is 9.03. The fourth-order valence-corrected chi connectivity index (χ4v) is 2.19. The number of aliphatic carboxylic acids is 1. The van der Waals surface area contributed by atoms with Gasteiger partial charge in [-0.05, 0) is 19.3 Å². The minimum atomic E-state index is -0.765. The fraction of sp³-hybridized carbons (Fsp3) is 0.636. The molecule has 1 N–H and O–H groups in total. The Morgan fingerprint density at radius 2 is 2.07 bits per heavy atom. The molecule has 1 aliphatic carbocycles. The molecule has 0 spiro atoms. The van der Waals surface area contributed by atoms with Crippen molar-refractivity contribution in [1.29, 1.82) is 0 Å². The number of aryl methyl sites for hydroxylation is 2. The summed E-state index contributed by atoms with van der Waals surface area (Å²) in [6, 6.07) is 0. The number of hydrogen-bond donors (Lipinski definition) is 1. The van der Waals surface area contributed by atoms with Crippen molar-refractivity contribution in [3.05, 3.63) is 17.3 Å². The quantitative estimate of drug-likeness (QED) is 0.810. The molecule has 1 aromatic rings. The molecule has 0 bridgehead atoms. The summed E-state index contributed by atoms with van der Waals surface area (Å²) >= 11 is 0. The first kappa shape index (κ1) is 10.2. The highest BCUT2D eigenvalue weighted by molar-refractivity contribution is 5.77. The van der Waals surface area contributed by atoms with E-state index in [1.807, 2.05) is 27.7 Å². The first-order valence-electron chi connectivity index (χ1n) is 5.02. The second kappa shape index (κ2) is 2.84. The molecule has 4 nitrogen and oxygen atoms in total. The van der Waals surface area contributed by atoms with E-state index in [9.17, 15) is 4.79 Å². The van der Waals surface area contributed by atoms with Crippen molar-refractivity contribution in [2.75, 3.05) is 0 Å². The zero-order valence-corrected chi connectivity index (χ0v) is 9.37. The monoisotopic (exact) mass is 209 g/mol. The van der Waals surface area contributed by atoms with Gasteiger partial charge in [-0.25, -0.2) is 4.98 Å². The second-order valence-electron chi connectivity index (χ2n) is 4.81. The molecular formula is C11H15NO3. The highest BCUT2D eigenvalue weighted by atomic mass is 16.4. The van der Waals surface area contributed by atoms with Gasteiger partial charge in [-0.2, -0.15) is 0 Å². The number of carboxylic acids is 1. The van der Waals surface area contributed by atoms with Crippen LogP contribution in [0.25, 0.3) is 0 Å². The molecule has 0 amide bonds. The maximum atomic E-state index is 11.0. The van der Waals surface area contributed by atoms with Gasteiger partial charge in [0.15, 0.2) is 5.89 Å². The SMILES string of the molecule is Cc1nc([C@H]2[C@H](C(=O)O)C2(C)C)oc1C. The first-order chi connectivity index (χ1) is 6.85. The van der Waals surface area contributed by atoms with E-state index in [0.29, 0.717) is 5.89 Å². The molecule has 0 unspecified atom stereocenters. The molecule has 0 radical (unpaired) electrons. The van der Waals surface area contributed by atoms with Crippen LogP contribution in [0.5, 0.6) is 0 Å². The van der Waals surface area contributed by atoms with Crippen LogP contribution in [0, 0.1) is 25.2 Å². The molecule has 0 aromatic carbocycles. The Morgan fingerprint density at radius 1 is 1.47 bits per heavy atom. The van der Waals surface area contributed by atoms with Gasteiger partial charge in [-0.1, -0.05) is 13.8 Å². The van der Waals surface area contributed by atoms with E-state index < -0.39 is 5.97 Å². The van der Waals surface area contributed by atoms with Crippen LogP contribution in [0.1, 0.15) is 37.1 Å². The summed E-state index contributed by atoms with van der Waals surface area (Å²) in [5.74, 6) is 0.134. The van der Waals surface area contributed by atoms with E-state index >= 15 is 0 Å². The number of nitrogens with zero attached hydrogens (tertiary/aromatic N) is 1. The Kier molecular flexibility index (Phi) is 1.93. The maximum Gasteiger partial charge on any atom is 0.307 e. The van der Waals surface area contributed by atoms with Crippen LogP contribution in [-0.2, 0) is 4.79 Å². The predicted octanol–water partition coefficient (Wildman–Crippen LogP) is 2.12. The van der Waals surface area contributed by atoms with Gasteiger partial charge < -0.3 is 9.52 Å². The molecule has 1 heterocycles. The Bertz CT molecular complexity index is 400. The lowest BCUT2D eigenvalue weighted by atomic mass is 10.1. The summed E-state index contributed by atoms with van der Waals surface area (Å²) in [6.07, 6.45) is 0. The fourth-order valence-electron chi connectivity index (χ4n) is 2.19. The molecule has 4 heteroatoms. The van der Waals surface area contributed by atoms with Crippen LogP contribution in [0.3, 0.4) is 0 Å². The lowest BCUT2D eigenvalue weighted by Crippen LogP contribution is -2.03. The largest absolute Gasteiger partial charge is 0.481 e. The second-order valence-corrected chi connectivity index (χ2v) is 4.81. The van der Waals surface area contributed by atoms with Crippen LogP contribution in [0.15, 0.2) is 4.42 Å². The van der Waals surface area contributed by atoms with E-state index in [-0.39, 0.29) is 17.3 Å². The normalized spacial score (nSPS) is 27.7. The molecule has 1 aromatic heterocycles. The number of rotatable bonds is 2. The van der Waals surface area contributed by atoms with Crippen molar-refractivity contribution >= 4 is 5.97 Å². The lowest BCUT2D eigenvalue weighted by Gasteiger charge is -1.96. The zero-order chi connectivity index (χ0) is 11.4. The van der Waals surface area contributed by atoms with Crippen molar-refractivity contribution in [2.24, 2.45) is 11.3 Å². The molecular weight excluding hydrogens is 194 g/mol. The number of carboxylic acid groups (broad SMARTS) is 1. The van der Waals surface area contributed by atoms with Crippen molar-refractivity contribution in [3.63, 3.8) is 0 Å². The van der Waals surface area contributed by atoms with E-state index in [0.717, 1.165) is 11.5 Å². The highest BCUT2D eigenvalue weighted by Gasteiger charge is 2.65. The smallest absolute Gasteiger partial charge is 0.307 e. The molecule has 82 valence electrons. The summed E-state index contributed by atoms with van der Waals surface area (Å²) in [7, 11) is 0. The topological polar surface area (TPSA) is 63.3 Å². The van der Waals surface area contributed by atoms with Gasteiger partial charge in [-0.15, -0.1) is 0 Å². The summed E-state index contributed by atoms with van der Waals surface area (Å²) in [6.45, 7) is 7.58. The molecule has 1 aliphatic rings. The van der Waals surface area contributed by atoms with Crippen molar-refractivity contribution in [2.45, 2.75) is 33.6 Å². The molecule has 2 rings (SSSR count). The van der Waals surface area contributed by atoms with Crippen LogP contribution in [-0.4, -0.2) is 16.1 Å². The minimum Gasteiger partial charge on any atom is -0.481 e. The van der Waals surface area contributed by atoms with Crippen LogP contribution in [0.4, 0.5) is 0 Å². The van der Waals surface area contributed by atoms with Gasteiger partial charge in [0.05, 0.1) is 17.5 Å². The van der Waals surface area contributed by atoms with Crippen molar-refractivity contribution in [1.82, 2.24) is 4.98 Å². The maximum absolute atomic E-state index is 11.0. The van der Waals surface area contributed by atoms with Crippen LogP contribution >= 0.6 is 0 Å². The van der Waals surface area contributed by atoms with Gasteiger partial charge in [0.1, 0.15) is 5.76 Å². The Hall–Kier alpha value is -1.32. The number of carbonyl (C=O) groups is 1. The van der Waals surface area contributed by atoms with Crippen molar-refractivity contribution in [3.8, 4) is 0 Å². The molecule has 0 aliphatic heterocycles. The van der Waals surface area contributed by atoms with E-state index in [1.165, 1.54) is 0 Å². The van der Waals surface area contributed by atoms with Crippen LogP contribution in [0.2, 0.25) is 0 Å². The third kappa shape index (κ3) is 1.35. The molecule has 2 atom stereocenters. The minimum absolute atomic E-state index is 0.0811. The summed E-state index contributed by atoms with van der Waals surface area (Å²) < 4.78 is 5.48. The van der Waals surface area contributed by atoms with Gasteiger partial charge in [0.25, 0.3) is 0 Å². The summed E-state index contributed by atoms with van der Waals surface area (Å²) in [4.78, 5) is 15.3. The number of aromatic nitrogens is 1. The third-order valence-corrected chi connectivity index (χ3v) is 3.40. The van der Waals surface area contributed by atoms with E-state index in [2.05, 4.69) is 4.98 Å². The van der Waals surface area contributed by atoms with Gasteiger partial charge in [0.2, 0.25) is 0 Å². The predicted molar refractivity (Wildman–Crippen MR) is 53.6 cm³/mol. The van der Waals surface area contributed by atoms with E-state index in [4.69, 9.17) is 9.52 Å². The molecule has 1 fully saturated rings. The molecule has 15 heavy (non-hydrogen) atoms. The molecule has 0 saturated heterocycles. The first-order valence-corrected chi connectivity index (χ1v) is 5.02. The number of oxazole rings is 1. The summed E-state index contributed by atoms with van der Waals surface area (Å²) in [5.41, 5.74) is 0.604. The standard InChI is InChI=1S/C11H15NO3/c1-5-6(2)15-9(12-5)7-8(10(13)14)11(7,3)4/h7-8H,1-4H3,(H,13,14)/t7-,8-/m1/s1. The highest BCUT2D eigenvalue weighted by Crippen LogP contribution is 2.64. The van der Waals surface area contributed by atoms with Crippen molar-refractivity contribution < 1.29 is 14.3 Å². The lowest BCUT2D eigenvalue weighted by molar-refractivity contribution is -0.139. The Balaban J connectivity index is 2.31. The average Bonchev–Trinajstić information content (AvgIpc) is 2.52. The van der Waals surface area contributed by atoms with Gasteiger partial charge in [-0.3, -0.25) is 4.79 Å². The Morgan fingerprint density at radius 3 is 2.40 bits per heavy atom. The Labute approximate surface area is 88.3 Å². The van der Waals surface area contributed by atoms with Gasteiger partial charge in [0, 0.05) is 0 Å². The average molecular weight is 209 g/mol. The zero-order valence-electron chi connectivity index (χ0n) is 9.37.